The maximum atomic E-state index is 12.2. The van der Waals surface area contributed by atoms with Gasteiger partial charge in [0.05, 0.1) is 0 Å². The number of amides is 1. The number of aryl methyl sites for hydroxylation is 1. The van der Waals surface area contributed by atoms with Crippen LogP contribution in [0.1, 0.15) is 29.9 Å². The second-order valence-electron chi connectivity index (χ2n) is 8.35. The van der Waals surface area contributed by atoms with Crippen LogP contribution < -0.4 is 15.5 Å². The summed E-state index contributed by atoms with van der Waals surface area (Å²) in [5, 5.41) is 13.8. The van der Waals surface area contributed by atoms with Crippen molar-refractivity contribution < 1.29 is 4.79 Å². The molecule has 3 heterocycles. The van der Waals surface area contributed by atoms with Crippen LogP contribution in [0.2, 0.25) is 0 Å². The van der Waals surface area contributed by atoms with Crippen LogP contribution in [0.5, 0.6) is 0 Å². The summed E-state index contributed by atoms with van der Waals surface area (Å²) in [5.41, 5.74) is 1.57. The van der Waals surface area contributed by atoms with Gasteiger partial charge in [0.15, 0.2) is 11.0 Å². The lowest BCUT2D eigenvalue weighted by Gasteiger charge is -2.32. The van der Waals surface area contributed by atoms with Gasteiger partial charge in [-0.2, -0.15) is 20.1 Å². The molecule has 0 radical (unpaired) electrons. The predicted molar refractivity (Wildman–Crippen MR) is 129 cm³/mol. The minimum atomic E-state index is -0.0835. The quantitative estimate of drug-likeness (QED) is 0.482. The van der Waals surface area contributed by atoms with E-state index in [-0.39, 0.29) is 11.9 Å². The van der Waals surface area contributed by atoms with Gasteiger partial charge in [0.2, 0.25) is 11.9 Å². The molecule has 0 unspecified atom stereocenters. The number of carbonyl (C=O) groups is 1. The van der Waals surface area contributed by atoms with Gasteiger partial charge >= 0.3 is 0 Å². The van der Waals surface area contributed by atoms with Crippen molar-refractivity contribution in [3.05, 3.63) is 41.6 Å². The van der Waals surface area contributed by atoms with Gasteiger partial charge < -0.3 is 20.4 Å². The van der Waals surface area contributed by atoms with Crippen LogP contribution >= 0.6 is 11.8 Å². The summed E-state index contributed by atoms with van der Waals surface area (Å²) in [6.45, 7) is 9.43. The summed E-state index contributed by atoms with van der Waals surface area (Å²) in [5.74, 6) is 1.66. The van der Waals surface area contributed by atoms with E-state index >= 15 is 0 Å². The van der Waals surface area contributed by atoms with Crippen LogP contribution in [0.15, 0.2) is 40.4 Å². The van der Waals surface area contributed by atoms with Crippen molar-refractivity contribution in [3.8, 4) is 0 Å². The number of aromatic amines is 1. The lowest BCUT2D eigenvalue weighted by molar-refractivity contribution is 0.0943. The highest BCUT2D eigenvalue weighted by molar-refractivity contribution is 7.99. The fourth-order valence-electron chi connectivity index (χ4n) is 3.32. The third-order valence-electron chi connectivity index (χ3n) is 5.08. The Morgan fingerprint density at radius 1 is 1.09 bits per heavy atom. The lowest BCUT2D eigenvalue weighted by Crippen LogP contribution is -2.45. The molecule has 0 aliphatic carbocycles. The van der Waals surface area contributed by atoms with E-state index in [1.807, 2.05) is 51.1 Å². The van der Waals surface area contributed by atoms with Crippen LogP contribution in [0, 0.1) is 6.92 Å². The number of benzene rings is 1. The Balaban J connectivity index is 1.56. The van der Waals surface area contributed by atoms with Gasteiger partial charge in [-0.1, -0.05) is 0 Å². The monoisotopic (exact) mass is 467 g/mol. The molecular weight excluding hydrogens is 438 g/mol. The number of H-pyrrole nitrogens is 1. The van der Waals surface area contributed by atoms with E-state index in [2.05, 4.69) is 47.6 Å². The smallest absolute Gasteiger partial charge is 0.251 e. The van der Waals surface area contributed by atoms with Gasteiger partial charge in [0.1, 0.15) is 0 Å². The number of likely N-dealkylation sites (N-methyl/N-ethyl adjacent to an activating group) is 1. The topological polar surface area (TPSA) is 115 Å². The first-order valence-electron chi connectivity index (χ1n) is 10.9. The van der Waals surface area contributed by atoms with Crippen LogP contribution in [-0.4, -0.2) is 75.2 Å². The highest BCUT2D eigenvalue weighted by Gasteiger charge is 2.19. The number of nitrogens with zero attached hydrogens (tertiary/aromatic N) is 6. The molecule has 1 aliphatic rings. The molecule has 2 aromatic heterocycles. The van der Waals surface area contributed by atoms with Gasteiger partial charge in [-0.05, 0) is 63.8 Å². The molecule has 1 aliphatic heterocycles. The summed E-state index contributed by atoms with van der Waals surface area (Å²) >= 11 is 1.43. The minimum Gasteiger partial charge on any atom is -0.350 e. The lowest BCUT2D eigenvalue weighted by atomic mass is 10.2. The molecule has 1 saturated heterocycles. The fourth-order valence-corrected chi connectivity index (χ4v) is 4.06. The van der Waals surface area contributed by atoms with Gasteiger partial charge in [-0.15, -0.1) is 0 Å². The van der Waals surface area contributed by atoms with E-state index in [4.69, 9.17) is 4.98 Å². The summed E-state index contributed by atoms with van der Waals surface area (Å²) in [7, 11) is 2.12. The van der Waals surface area contributed by atoms with Gasteiger partial charge in [-0.25, -0.2) is 0 Å². The standard InChI is InChI=1S/C22H29N9OS/c1-14(2)23-19(32)16-5-7-17(8-6-16)33-22-26-20(24-18-13-15(3)28-29-18)25-21(27-22)31-11-9-30(4)10-12-31/h5-8,13-14H,9-12H2,1-4H3,(H,23,32)(H2,24,25,26,27,28,29). The highest BCUT2D eigenvalue weighted by atomic mass is 32.2. The van der Waals surface area contributed by atoms with Crippen LogP contribution in [0.4, 0.5) is 17.7 Å². The maximum absolute atomic E-state index is 12.2. The van der Waals surface area contributed by atoms with E-state index in [0.29, 0.717) is 28.4 Å². The van der Waals surface area contributed by atoms with Crippen molar-refractivity contribution >= 4 is 35.4 Å². The first-order valence-corrected chi connectivity index (χ1v) is 11.7. The number of hydrogen-bond donors (Lipinski definition) is 3. The zero-order valence-corrected chi connectivity index (χ0v) is 20.1. The normalized spacial score (nSPS) is 14.5. The van der Waals surface area contributed by atoms with Crippen LogP contribution in [-0.2, 0) is 0 Å². The molecule has 33 heavy (non-hydrogen) atoms. The van der Waals surface area contributed by atoms with Gasteiger partial charge in [-0.3, -0.25) is 9.89 Å². The Bertz CT molecular complexity index is 1090. The zero-order chi connectivity index (χ0) is 23.4. The Morgan fingerprint density at radius 3 is 2.45 bits per heavy atom. The summed E-state index contributed by atoms with van der Waals surface area (Å²) < 4.78 is 0. The summed E-state index contributed by atoms with van der Waals surface area (Å²) in [6.07, 6.45) is 0. The molecule has 0 saturated carbocycles. The first-order chi connectivity index (χ1) is 15.9. The zero-order valence-electron chi connectivity index (χ0n) is 19.3. The van der Waals surface area contributed by atoms with Crippen molar-refractivity contribution in [2.75, 3.05) is 43.4 Å². The Hall–Kier alpha value is -3.18. The minimum absolute atomic E-state index is 0.0835. The number of nitrogens with one attached hydrogen (secondary N) is 3. The molecular formula is C22H29N9OS. The van der Waals surface area contributed by atoms with Crippen molar-refractivity contribution in [3.63, 3.8) is 0 Å². The Morgan fingerprint density at radius 2 is 1.82 bits per heavy atom. The third-order valence-corrected chi connectivity index (χ3v) is 5.95. The van der Waals surface area contributed by atoms with E-state index < -0.39 is 0 Å². The first kappa shape index (κ1) is 23.0. The number of rotatable bonds is 7. The molecule has 10 nitrogen and oxygen atoms in total. The molecule has 1 aromatic carbocycles. The third kappa shape index (κ3) is 6.20. The largest absolute Gasteiger partial charge is 0.350 e. The van der Waals surface area contributed by atoms with Crippen LogP contribution in [0.3, 0.4) is 0 Å². The average molecular weight is 468 g/mol. The number of piperazine rings is 1. The highest BCUT2D eigenvalue weighted by Crippen LogP contribution is 2.28. The molecule has 0 spiro atoms. The molecule has 1 fully saturated rings. The second-order valence-corrected chi connectivity index (χ2v) is 9.39. The number of aromatic nitrogens is 5. The van der Waals surface area contributed by atoms with Crippen LogP contribution in [0.25, 0.3) is 0 Å². The second kappa shape index (κ2) is 10.2. The molecule has 11 heteroatoms. The molecule has 3 N–H and O–H groups in total. The molecule has 3 aromatic rings. The van der Waals surface area contributed by atoms with Gasteiger partial charge in [0.25, 0.3) is 5.91 Å². The average Bonchev–Trinajstić information content (AvgIpc) is 3.18. The van der Waals surface area contributed by atoms with Crippen molar-refractivity contribution in [1.82, 2.24) is 35.4 Å². The molecule has 4 rings (SSSR count). The van der Waals surface area contributed by atoms with Crippen molar-refractivity contribution in [2.45, 2.75) is 36.9 Å². The fraction of sp³-hybridized carbons (Fsp3) is 0.409. The molecule has 0 bridgehead atoms. The van der Waals surface area contributed by atoms with E-state index in [1.165, 1.54) is 11.8 Å². The van der Waals surface area contributed by atoms with E-state index in [1.54, 1.807) is 0 Å². The summed E-state index contributed by atoms with van der Waals surface area (Å²) in [4.78, 5) is 31.6. The van der Waals surface area contributed by atoms with E-state index in [0.717, 1.165) is 36.8 Å². The molecule has 174 valence electrons. The van der Waals surface area contributed by atoms with Crippen molar-refractivity contribution in [1.29, 1.82) is 0 Å². The molecule has 1 amide bonds. The van der Waals surface area contributed by atoms with Gasteiger partial charge in [0, 0.05) is 54.4 Å². The Labute approximate surface area is 197 Å². The van der Waals surface area contributed by atoms with Crippen molar-refractivity contribution in [2.24, 2.45) is 0 Å². The molecule has 0 atom stereocenters. The number of hydrogen-bond acceptors (Lipinski definition) is 9. The SMILES string of the molecule is Cc1cc(Nc2nc(Sc3ccc(C(=O)NC(C)C)cc3)nc(N3CCN(C)CC3)n2)n[nH]1. The number of carbonyl (C=O) groups excluding carboxylic acids is 1. The predicted octanol–water partition coefficient (Wildman–Crippen LogP) is 2.69. The maximum Gasteiger partial charge on any atom is 0.251 e. The Kier molecular flexibility index (Phi) is 7.09. The van der Waals surface area contributed by atoms with E-state index in [9.17, 15) is 4.79 Å². The summed E-state index contributed by atoms with van der Waals surface area (Å²) in [6, 6.07) is 9.43. The number of anilines is 3.